The van der Waals surface area contributed by atoms with Crippen LogP contribution in [-0.4, -0.2) is 41.1 Å². The van der Waals surface area contributed by atoms with Crippen molar-refractivity contribution < 1.29 is 23.8 Å². The highest BCUT2D eigenvalue weighted by Gasteiger charge is 2.20. The minimum atomic E-state index is -0.919. The van der Waals surface area contributed by atoms with Crippen molar-refractivity contribution >= 4 is 23.6 Å². The summed E-state index contributed by atoms with van der Waals surface area (Å²) in [4.78, 5) is 50.1. The van der Waals surface area contributed by atoms with Gasteiger partial charge in [0.25, 0.3) is 5.56 Å². The Labute approximate surface area is 170 Å². The second-order valence-corrected chi connectivity index (χ2v) is 6.44. The Morgan fingerprint density at radius 1 is 1.23 bits per heavy atom. The van der Waals surface area contributed by atoms with E-state index in [1.165, 1.54) is 6.08 Å². The molecule has 0 bridgehead atoms. The third-order valence-corrected chi connectivity index (χ3v) is 4.29. The molecule has 1 aliphatic heterocycles. The monoisotopic (exact) mass is 415 g/mol. The first kappa shape index (κ1) is 20.9. The summed E-state index contributed by atoms with van der Waals surface area (Å²) in [5, 5.41) is 0. The van der Waals surface area contributed by atoms with Crippen molar-refractivity contribution in [3.63, 3.8) is 0 Å². The highest BCUT2D eigenvalue weighted by atomic mass is 16.6. The molecule has 0 radical (unpaired) electrons. The number of H-pyrrole nitrogens is 1. The van der Waals surface area contributed by atoms with Gasteiger partial charge in [-0.25, -0.2) is 9.59 Å². The average molecular weight is 415 g/mol. The molecule has 10 heteroatoms. The van der Waals surface area contributed by atoms with Crippen LogP contribution in [0, 0.1) is 0 Å². The Balaban J connectivity index is 1.66. The third-order valence-electron chi connectivity index (χ3n) is 4.29. The number of fused-ring (bicyclic) bond motifs is 1. The van der Waals surface area contributed by atoms with Gasteiger partial charge in [0.2, 0.25) is 5.78 Å². The molecule has 158 valence electrons. The second-order valence-electron chi connectivity index (χ2n) is 6.44. The predicted octanol–water partition coefficient (Wildman–Crippen LogP) is 0.739. The van der Waals surface area contributed by atoms with Crippen molar-refractivity contribution in [1.29, 1.82) is 0 Å². The van der Waals surface area contributed by atoms with Gasteiger partial charge in [-0.1, -0.05) is 13.0 Å². The van der Waals surface area contributed by atoms with Gasteiger partial charge in [0.1, 0.15) is 24.6 Å². The number of ether oxygens (including phenoxy) is 3. The first-order valence-electron chi connectivity index (χ1n) is 9.31. The quantitative estimate of drug-likeness (QED) is 0.383. The van der Waals surface area contributed by atoms with Crippen LogP contribution >= 0.6 is 0 Å². The van der Waals surface area contributed by atoms with Crippen LogP contribution in [0.1, 0.15) is 29.3 Å². The molecule has 10 nitrogen and oxygen atoms in total. The molecule has 0 fully saturated rings. The van der Waals surface area contributed by atoms with Crippen molar-refractivity contribution in [1.82, 2.24) is 9.55 Å². The lowest BCUT2D eigenvalue weighted by molar-refractivity contribution is -0.136. The van der Waals surface area contributed by atoms with E-state index in [-0.39, 0.29) is 12.4 Å². The Bertz CT molecular complexity index is 1110. The van der Waals surface area contributed by atoms with Crippen LogP contribution < -0.4 is 26.5 Å². The number of Topliss-reactive ketones (excluding diaryl/α,β-unsaturated/α-hetero) is 1. The lowest BCUT2D eigenvalue weighted by Crippen LogP contribution is -2.37. The molecule has 0 saturated carbocycles. The Hall–Kier alpha value is -3.82. The smallest absolute Gasteiger partial charge is 0.331 e. The van der Waals surface area contributed by atoms with Gasteiger partial charge in [-0.2, -0.15) is 0 Å². The molecule has 0 spiro atoms. The molecule has 3 N–H and O–H groups in total. The number of hydrogen-bond donors (Lipinski definition) is 2. The number of nitrogen functional groups attached to an aromatic ring is 1. The fourth-order valence-corrected chi connectivity index (χ4v) is 2.89. The van der Waals surface area contributed by atoms with Gasteiger partial charge in [-0.05, 0) is 30.2 Å². The molecular weight excluding hydrogens is 394 g/mol. The van der Waals surface area contributed by atoms with Crippen molar-refractivity contribution in [2.45, 2.75) is 19.9 Å². The van der Waals surface area contributed by atoms with E-state index in [1.807, 2.05) is 11.9 Å². The van der Waals surface area contributed by atoms with E-state index >= 15 is 0 Å². The standard InChI is InChI=1S/C20H21N3O7/c1-2-7-23-18(21)17(19(26)22-20(23)27)13(24)11-30-16(25)6-4-12-3-5-14-15(10-12)29-9-8-28-14/h3-6,10H,2,7-9,11,21H2,1H3,(H,22,26,27)/b6-4+. The fourth-order valence-electron chi connectivity index (χ4n) is 2.89. The Morgan fingerprint density at radius 2 is 1.97 bits per heavy atom. The predicted molar refractivity (Wildman–Crippen MR) is 108 cm³/mol. The van der Waals surface area contributed by atoms with Crippen LogP contribution in [0.5, 0.6) is 11.5 Å². The summed E-state index contributed by atoms with van der Waals surface area (Å²) in [5.41, 5.74) is 4.46. The van der Waals surface area contributed by atoms with E-state index in [2.05, 4.69) is 0 Å². The summed E-state index contributed by atoms with van der Waals surface area (Å²) in [6, 6.07) is 5.17. The molecule has 1 aromatic heterocycles. The summed E-state index contributed by atoms with van der Waals surface area (Å²) in [7, 11) is 0. The van der Waals surface area contributed by atoms with E-state index < -0.39 is 35.2 Å². The molecule has 2 aromatic rings. The number of carbonyl (C=O) groups is 2. The van der Waals surface area contributed by atoms with Crippen LogP contribution in [0.2, 0.25) is 0 Å². The number of aromatic amines is 1. The average Bonchev–Trinajstić information content (AvgIpc) is 2.73. The Morgan fingerprint density at radius 3 is 2.70 bits per heavy atom. The molecule has 0 amide bonds. The highest BCUT2D eigenvalue weighted by Crippen LogP contribution is 2.31. The number of carbonyl (C=O) groups excluding carboxylic acids is 2. The minimum Gasteiger partial charge on any atom is -0.486 e. The summed E-state index contributed by atoms with van der Waals surface area (Å²) in [6.07, 6.45) is 3.21. The zero-order chi connectivity index (χ0) is 21.7. The zero-order valence-electron chi connectivity index (χ0n) is 16.3. The van der Waals surface area contributed by atoms with Crippen LogP contribution in [0.4, 0.5) is 5.82 Å². The highest BCUT2D eigenvalue weighted by molar-refractivity contribution is 6.01. The number of rotatable bonds is 7. The minimum absolute atomic E-state index is 0.236. The van der Waals surface area contributed by atoms with E-state index in [9.17, 15) is 19.2 Å². The molecular formula is C20H21N3O7. The number of anilines is 1. The topological polar surface area (TPSA) is 143 Å². The van der Waals surface area contributed by atoms with Crippen LogP contribution in [0.25, 0.3) is 6.08 Å². The van der Waals surface area contributed by atoms with E-state index in [0.717, 1.165) is 10.6 Å². The summed E-state index contributed by atoms with van der Waals surface area (Å²) >= 11 is 0. The van der Waals surface area contributed by atoms with Crippen LogP contribution in [-0.2, 0) is 16.1 Å². The second kappa shape index (κ2) is 9.12. The van der Waals surface area contributed by atoms with Crippen molar-refractivity contribution in [2.24, 2.45) is 0 Å². The van der Waals surface area contributed by atoms with E-state index in [0.29, 0.717) is 36.7 Å². The van der Waals surface area contributed by atoms with Gasteiger partial charge in [0.15, 0.2) is 18.1 Å². The van der Waals surface area contributed by atoms with Crippen molar-refractivity contribution in [2.75, 3.05) is 25.6 Å². The molecule has 0 saturated heterocycles. The number of esters is 1. The van der Waals surface area contributed by atoms with Crippen molar-refractivity contribution in [3.8, 4) is 11.5 Å². The van der Waals surface area contributed by atoms with Gasteiger partial charge in [0.05, 0.1) is 0 Å². The van der Waals surface area contributed by atoms with Gasteiger partial charge in [-0.15, -0.1) is 0 Å². The zero-order valence-corrected chi connectivity index (χ0v) is 16.3. The first-order valence-corrected chi connectivity index (χ1v) is 9.31. The number of nitrogens with two attached hydrogens (primary N) is 1. The van der Waals surface area contributed by atoms with E-state index in [1.54, 1.807) is 18.2 Å². The number of benzene rings is 1. The molecule has 1 aliphatic rings. The SMILES string of the molecule is CCCn1c(N)c(C(=O)COC(=O)/C=C/c2ccc3c(c2)OCCO3)c(=O)[nH]c1=O. The third kappa shape index (κ3) is 4.59. The van der Waals surface area contributed by atoms with Crippen LogP contribution in [0.3, 0.4) is 0 Å². The van der Waals surface area contributed by atoms with Gasteiger partial charge < -0.3 is 19.9 Å². The molecule has 2 heterocycles. The molecule has 3 rings (SSSR count). The molecule has 0 aliphatic carbocycles. The summed E-state index contributed by atoms with van der Waals surface area (Å²) in [5.74, 6) is -0.643. The molecule has 30 heavy (non-hydrogen) atoms. The van der Waals surface area contributed by atoms with Gasteiger partial charge >= 0.3 is 11.7 Å². The maximum Gasteiger partial charge on any atom is 0.331 e. The Kier molecular flexibility index (Phi) is 6.35. The summed E-state index contributed by atoms with van der Waals surface area (Å²) in [6.45, 7) is 2.28. The molecule has 0 unspecified atom stereocenters. The normalized spacial score (nSPS) is 12.7. The lowest BCUT2D eigenvalue weighted by atomic mass is 10.2. The maximum atomic E-state index is 12.3. The van der Waals surface area contributed by atoms with Crippen LogP contribution in [0.15, 0.2) is 33.9 Å². The summed E-state index contributed by atoms with van der Waals surface area (Å²) < 4.78 is 16.9. The van der Waals surface area contributed by atoms with Gasteiger partial charge in [-0.3, -0.25) is 19.1 Å². The number of ketones is 1. The molecule has 0 atom stereocenters. The number of aromatic nitrogens is 2. The number of nitrogens with zero attached hydrogens (tertiary/aromatic N) is 1. The number of hydrogen-bond acceptors (Lipinski definition) is 8. The maximum absolute atomic E-state index is 12.3. The van der Waals surface area contributed by atoms with Gasteiger partial charge in [0, 0.05) is 12.6 Å². The van der Waals surface area contributed by atoms with Crippen molar-refractivity contribution in [3.05, 3.63) is 56.2 Å². The largest absolute Gasteiger partial charge is 0.486 e. The fraction of sp³-hybridized carbons (Fsp3) is 0.300. The molecule has 1 aromatic carbocycles. The lowest BCUT2D eigenvalue weighted by Gasteiger charge is -2.18. The number of nitrogens with one attached hydrogen (secondary N) is 1. The first-order chi connectivity index (χ1) is 14.4. The van der Waals surface area contributed by atoms with E-state index in [4.69, 9.17) is 19.9 Å².